The van der Waals surface area contributed by atoms with E-state index < -0.39 is 23.8 Å². The molecule has 0 N–H and O–H groups in total. The summed E-state index contributed by atoms with van der Waals surface area (Å²) in [7, 11) is 4.12. The van der Waals surface area contributed by atoms with Crippen molar-refractivity contribution in [3.63, 3.8) is 0 Å². The Morgan fingerprint density at radius 3 is 2.55 bits per heavy atom. The van der Waals surface area contributed by atoms with Crippen molar-refractivity contribution in [3.05, 3.63) is 32.6 Å². The molecule has 0 aliphatic heterocycles. The number of aromatic nitrogens is 3. The van der Waals surface area contributed by atoms with Gasteiger partial charge in [-0.05, 0) is 6.42 Å². The van der Waals surface area contributed by atoms with E-state index in [1.807, 2.05) is 6.92 Å². The van der Waals surface area contributed by atoms with E-state index in [-0.39, 0.29) is 11.0 Å². The van der Waals surface area contributed by atoms with Gasteiger partial charge in [-0.1, -0.05) is 6.92 Å². The zero-order chi connectivity index (χ0) is 16.4. The van der Waals surface area contributed by atoms with Gasteiger partial charge in [-0.25, -0.2) is 14.3 Å². The van der Waals surface area contributed by atoms with Gasteiger partial charge >= 0.3 is 11.7 Å². The second-order valence-electron chi connectivity index (χ2n) is 4.68. The minimum absolute atomic E-state index is 0.174. The lowest BCUT2D eigenvalue weighted by Gasteiger charge is -2.13. The Bertz CT molecular complexity index is 850. The smallest absolute Gasteiger partial charge is 0.332 e. The molecule has 0 saturated heterocycles. The third-order valence-corrected chi connectivity index (χ3v) is 3.48. The quantitative estimate of drug-likeness (QED) is 0.729. The number of fused-ring (bicyclic) bond motifs is 1. The SMILES string of the molecule is CCc1cnc2c(c1OC)c(=O)n(CC(=O)OC)c(=O)n2C. The Morgan fingerprint density at radius 2 is 2.00 bits per heavy atom. The van der Waals surface area contributed by atoms with Crippen molar-refractivity contribution in [2.45, 2.75) is 19.9 Å². The van der Waals surface area contributed by atoms with Crippen LogP contribution in [-0.2, 0) is 29.5 Å². The molecule has 0 spiro atoms. The molecule has 118 valence electrons. The number of nitrogens with zero attached hydrogens (tertiary/aromatic N) is 3. The maximum atomic E-state index is 12.6. The van der Waals surface area contributed by atoms with E-state index in [4.69, 9.17) is 4.74 Å². The van der Waals surface area contributed by atoms with Crippen molar-refractivity contribution in [3.8, 4) is 5.75 Å². The number of rotatable bonds is 4. The number of methoxy groups -OCH3 is 2. The van der Waals surface area contributed by atoms with Gasteiger partial charge in [-0.3, -0.25) is 14.2 Å². The predicted molar refractivity (Wildman–Crippen MR) is 79.2 cm³/mol. The van der Waals surface area contributed by atoms with E-state index in [1.54, 1.807) is 6.20 Å². The van der Waals surface area contributed by atoms with Crippen LogP contribution in [0.1, 0.15) is 12.5 Å². The van der Waals surface area contributed by atoms with E-state index in [1.165, 1.54) is 25.8 Å². The average Bonchev–Trinajstić information content (AvgIpc) is 2.54. The topological polar surface area (TPSA) is 92.4 Å². The van der Waals surface area contributed by atoms with Gasteiger partial charge in [0, 0.05) is 18.8 Å². The predicted octanol–water partition coefficient (Wildman–Crippen LogP) is -0.161. The molecule has 0 radical (unpaired) electrons. The maximum Gasteiger partial charge on any atom is 0.332 e. The Kier molecular flexibility index (Phi) is 4.30. The molecule has 8 nitrogen and oxygen atoms in total. The van der Waals surface area contributed by atoms with Gasteiger partial charge in [0.1, 0.15) is 17.7 Å². The molecule has 0 aromatic carbocycles. The minimum atomic E-state index is -0.683. The molecule has 0 fully saturated rings. The van der Waals surface area contributed by atoms with Gasteiger partial charge in [-0.15, -0.1) is 0 Å². The number of aryl methyl sites for hydroxylation is 2. The van der Waals surface area contributed by atoms with Gasteiger partial charge in [0.15, 0.2) is 5.65 Å². The molecule has 0 bridgehead atoms. The number of carbonyl (C=O) groups excluding carboxylic acids is 1. The first-order valence-electron chi connectivity index (χ1n) is 6.68. The lowest BCUT2D eigenvalue weighted by molar-refractivity contribution is -0.141. The third-order valence-electron chi connectivity index (χ3n) is 3.48. The van der Waals surface area contributed by atoms with Crippen LogP contribution in [0, 0.1) is 0 Å². The number of ether oxygens (including phenoxy) is 2. The molecule has 0 saturated carbocycles. The molecule has 2 aromatic heterocycles. The summed E-state index contributed by atoms with van der Waals surface area (Å²) in [5.74, 6) is -0.316. The fourth-order valence-corrected chi connectivity index (χ4v) is 2.28. The number of hydrogen-bond acceptors (Lipinski definition) is 6. The molecule has 22 heavy (non-hydrogen) atoms. The van der Waals surface area contributed by atoms with Gasteiger partial charge in [0.2, 0.25) is 0 Å². The molecular formula is C14H17N3O5. The monoisotopic (exact) mass is 307 g/mol. The van der Waals surface area contributed by atoms with Crippen molar-refractivity contribution in [1.82, 2.24) is 14.1 Å². The third kappa shape index (κ3) is 2.36. The molecule has 2 rings (SSSR count). The molecule has 0 unspecified atom stereocenters. The van der Waals surface area contributed by atoms with E-state index >= 15 is 0 Å². The van der Waals surface area contributed by atoms with E-state index in [2.05, 4.69) is 9.72 Å². The van der Waals surface area contributed by atoms with Gasteiger partial charge in [0.05, 0.1) is 14.2 Å². The van der Waals surface area contributed by atoms with Crippen LogP contribution in [0.5, 0.6) is 5.75 Å². The summed E-state index contributed by atoms with van der Waals surface area (Å²) in [5, 5.41) is 0.174. The fourth-order valence-electron chi connectivity index (χ4n) is 2.28. The Morgan fingerprint density at radius 1 is 1.32 bits per heavy atom. The standard InChI is InChI=1S/C14H17N3O5/c1-5-8-6-15-12-10(11(8)22-4)13(19)17(7-9(18)21-3)14(20)16(12)2/h6H,5,7H2,1-4H3. The first kappa shape index (κ1) is 15.7. The largest absolute Gasteiger partial charge is 0.495 e. The second kappa shape index (κ2) is 6.00. The van der Waals surface area contributed by atoms with E-state index in [9.17, 15) is 14.4 Å². The summed E-state index contributed by atoms with van der Waals surface area (Å²) >= 11 is 0. The summed E-state index contributed by atoms with van der Waals surface area (Å²) in [5.41, 5.74) is -0.301. The highest BCUT2D eigenvalue weighted by Crippen LogP contribution is 2.24. The van der Waals surface area contributed by atoms with Crippen molar-refractivity contribution in [1.29, 1.82) is 0 Å². The highest BCUT2D eigenvalue weighted by Gasteiger charge is 2.19. The molecule has 2 heterocycles. The summed E-state index contributed by atoms with van der Waals surface area (Å²) in [6.45, 7) is 1.44. The van der Waals surface area contributed by atoms with Crippen LogP contribution < -0.4 is 16.0 Å². The highest BCUT2D eigenvalue weighted by molar-refractivity contribution is 5.83. The van der Waals surface area contributed by atoms with Crippen LogP contribution in [0.25, 0.3) is 11.0 Å². The van der Waals surface area contributed by atoms with Crippen molar-refractivity contribution >= 4 is 17.0 Å². The van der Waals surface area contributed by atoms with Crippen molar-refractivity contribution in [2.24, 2.45) is 7.05 Å². The molecule has 0 amide bonds. The van der Waals surface area contributed by atoms with Crippen molar-refractivity contribution in [2.75, 3.05) is 14.2 Å². The van der Waals surface area contributed by atoms with Crippen LogP contribution >= 0.6 is 0 Å². The maximum absolute atomic E-state index is 12.6. The number of esters is 1. The summed E-state index contributed by atoms with van der Waals surface area (Å²) in [6.07, 6.45) is 2.19. The molecule has 8 heteroatoms. The van der Waals surface area contributed by atoms with Gasteiger partial charge in [0.25, 0.3) is 5.56 Å². The first-order valence-corrected chi connectivity index (χ1v) is 6.68. The Hall–Kier alpha value is -2.64. The molecule has 0 aliphatic rings. The van der Waals surface area contributed by atoms with Crippen LogP contribution in [0.2, 0.25) is 0 Å². The van der Waals surface area contributed by atoms with E-state index in [0.29, 0.717) is 12.2 Å². The average molecular weight is 307 g/mol. The van der Waals surface area contributed by atoms with E-state index in [0.717, 1.165) is 10.1 Å². The number of hydrogen-bond donors (Lipinski definition) is 0. The van der Waals surface area contributed by atoms with Crippen LogP contribution in [-0.4, -0.2) is 34.3 Å². The first-order chi connectivity index (χ1) is 10.5. The molecule has 0 aliphatic carbocycles. The lowest BCUT2D eigenvalue weighted by Crippen LogP contribution is -2.41. The molecular weight excluding hydrogens is 290 g/mol. The molecule has 0 atom stereocenters. The van der Waals surface area contributed by atoms with Crippen LogP contribution in [0.4, 0.5) is 0 Å². The van der Waals surface area contributed by atoms with Gasteiger partial charge < -0.3 is 9.47 Å². The highest BCUT2D eigenvalue weighted by atomic mass is 16.5. The minimum Gasteiger partial charge on any atom is -0.495 e. The number of carbonyl (C=O) groups is 1. The van der Waals surface area contributed by atoms with Crippen LogP contribution in [0.3, 0.4) is 0 Å². The second-order valence-corrected chi connectivity index (χ2v) is 4.68. The zero-order valence-electron chi connectivity index (χ0n) is 12.9. The Balaban J connectivity index is 2.93. The zero-order valence-corrected chi connectivity index (χ0v) is 12.9. The Labute approximate surface area is 125 Å². The van der Waals surface area contributed by atoms with Crippen molar-refractivity contribution < 1.29 is 14.3 Å². The summed E-state index contributed by atoms with van der Waals surface area (Å²) in [6, 6.07) is 0. The van der Waals surface area contributed by atoms with Crippen LogP contribution in [0.15, 0.2) is 15.8 Å². The van der Waals surface area contributed by atoms with Gasteiger partial charge in [-0.2, -0.15) is 0 Å². The summed E-state index contributed by atoms with van der Waals surface area (Å²) in [4.78, 5) is 40.5. The lowest BCUT2D eigenvalue weighted by atomic mass is 10.1. The number of pyridine rings is 1. The molecule has 2 aromatic rings. The normalized spacial score (nSPS) is 10.7. The fraction of sp³-hybridized carbons (Fsp3) is 0.429. The summed E-state index contributed by atoms with van der Waals surface area (Å²) < 4.78 is 11.9.